The van der Waals surface area contributed by atoms with Crippen molar-refractivity contribution in [3.8, 4) is 0 Å². The highest BCUT2D eigenvalue weighted by molar-refractivity contribution is 6.62. The number of ether oxygens (including phenoxy) is 1. The Labute approximate surface area is 86.2 Å². The minimum atomic E-state index is -4.61. The van der Waals surface area contributed by atoms with Crippen LogP contribution in [0.3, 0.4) is 0 Å². The summed E-state index contributed by atoms with van der Waals surface area (Å²) in [5.41, 5.74) is 0. The van der Waals surface area contributed by atoms with Gasteiger partial charge in [-0.2, -0.15) is 13.2 Å². The zero-order valence-electron chi connectivity index (χ0n) is 5.79. The molecule has 13 heavy (non-hydrogen) atoms. The van der Waals surface area contributed by atoms with Crippen LogP contribution in [0.1, 0.15) is 0 Å². The molecule has 0 aromatic heterocycles. The number of alkyl halides is 3. The van der Waals surface area contributed by atoms with Gasteiger partial charge in [0.15, 0.2) is 11.6 Å². The first kappa shape index (κ1) is 12.9. The zero-order valence-corrected chi connectivity index (χ0v) is 8.06. The zero-order chi connectivity index (χ0) is 10.6. The minimum Gasteiger partial charge on any atom is -0.452 e. The van der Waals surface area contributed by atoms with Crippen molar-refractivity contribution in [3.05, 3.63) is 9.52 Å². The van der Waals surface area contributed by atoms with Gasteiger partial charge in [-0.25, -0.2) is 4.79 Å². The Morgan fingerprint density at radius 3 is 2.00 bits per heavy atom. The van der Waals surface area contributed by atoms with Gasteiger partial charge in [0.25, 0.3) is 0 Å². The lowest BCUT2D eigenvalue weighted by molar-refractivity contribution is -0.183. The highest BCUT2D eigenvalue weighted by atomic mass is 35.5. The molecule has 2 nitrogen and oxygen atoms in total. The largest absolute Gasteiger partial charge is 0.452 e. The Hall–Kier alpha value is -0.130. The number of carbonyl (C=O) groups excluding carboxylic acids is 1. The van der Waals surface area contributed by atoms with E-state index < -0.39 is 28.3 Å². The Bertz CT molecular complexity index is 232. The van der Waals surface area contributed by atoms with Gasteiger partial charge in [-0.3, -0.25) is 0 Å². The van der Waals surface area contributed by atoms with Crippen LogP contribution in [0, 0.1) is 0 Å². The predicted molar refractivity (Wildman–Crippen MR) is 41.6 cm³/mol. The summed E-state index contributed by atoms with van der Waals surface area (Å²) in [6.07, 6.45) is -4.61. The first-order valence-electron chi connectivity index (χ1n) is 2.68. The van der Waals surface area contributed by atoms with Crippen molar-refractivity contribution in [1.82, 2.24) is 0 Å². The van der Waals surface area contributed by atoms with Gasteiger partial charge in [0.1, 0.15) is 4.49 Å². The van der Waals surface area contributed by atoms with E-state index in [0.29, 0.717) is 0 Å². The Morgan fingerprint density at radius 2 is 1.69 bits per heavy atom. The van der Waals surface area contributed by atoms with Crippen molar-refractivity contribution in [1.29, 1.82) is 0 Å². The van der Waals surface area contributed by atoms with Gasteiger partial charge in [-0.05, 0) is 0 Å². The second-order valence-electron chi connectivity index (χ2n) is 1.77. The lowest BCUT2D eigenvalue weighted by atomic mass is 10.6. The van der Waals surface area contributed by atoms with Crippen LogP contribution >= 0.6 is 34.8 Å². The fraction of sp³-hybridized carbons (Fsp3) is 0.400. The molecule has 76 valence electrons. The molecule has 0 radical (unpaired) electrons. The fourth-order valence-corrected chi connectivity index (χ4v) is 0.497. The van der Waals surface area contributed by atoms with E-state index in [2.05, 4.69) is 4.74 Å². The summed E-state index contributed by atoms with van der Waals surface area (Å²) < 4.78 is 37.5. The van der Waals surface area contributed by atoms with Crippen molar-refractivity contribution in [2.75, 3.05) is 6.61 Å². The average Bonchev–Trinajstić information content (AvgIpc) is 1.97. The van der Waals surface area contributed by atoms with Crippen LogP contribution in [-0.4, -0.2) is 18.8 Å². The van der Waals surface area contributed by atoms with E-state index >= 15 is 0 Å². The molecule has 0 atom stereocenters. The maximum absolute atomic E-state index is 11.5. The summed E-state index contributed by atoms with van der Waals surface area (Å²) in [4.78, 5) is 10.6. The van der Waals surface area contributed by atoms with E-state index in [4.69, 9.17) is 34.8 Å². The number of rotatable bonds is 2. The Balaban J connectivity index is 4.12. The second kappa shape index (κ2) is 4.93. The molecule has 0 bridgehead atoms. The molecule has 0 heterocycles. The van der Waals surface area contributed by atoms with Crippen molar-refractivity contribution >= 4 is 40.8 Å². The molecule has 0 rings (SSSR count). The van der Waals surface area contributed by atoms with Crippen LogP contribution < -0.4 is 0 Å². The van der Waals surface area contributed by atoms with Gasteiger partial charge < -0.3 is 4.74 Å². The molecule has 0 amide bonds. The molecule has 0 aromatic rings. The SMILES string of the molecule is O=C(OCC(F)(F)F)C(Cl)=C(Cl)Cl. The minimum absolute atomic E-state index is 0.645. The average molecular weight is 257 g/mol. The highest BCUT2D eigenvalue weighted by Crippen LogP contribution is 2.21. The third-order valence-corrected chi connectivity index (χ3v) is 1.63. The fourth-order valence-electron chi connectivity index (χ4n) is 0.288. The second-order valence-corrected chi connectivity index (χ2v) is 3.09. The standard InChI is InChI=1S/C5H2Cl3F3O2/c6-2(3(7)8)4(12)13-1-5(9,10)11/h1H2. The molecule has 0 aromatic carbocycles. The quantitative estimate of drug-likeness (QED) is 0.561. The van der Waals surface area contributed by atoms with E-state index in [1.54, 1.807) is 0 Å². The van der Waals surface area contributed by atoms with Gasteiger partial charge in [-0.1, -0.05) is 34.8 Å². The van der Waals surface area contributed by atoms with Crippen molar-refractivity contribution in [2.24, 2.45) is 0 Å². The van der Waals surface area contributed by atoms with Gasteiger partial charge in [0.05, 0.1) is 0 Å². The molecule has 0 spiro atoms. The molecule has 0 unspecified atom stereocenters. The van der Waals surface area contributed by atoms with Gasteiger partial charge in [0.2, 0.25) is 0 Å². The smallest absolute Gasteiger partial charge is 0.422 e. The van der Waals surface area contributed by atoms with Crippen molar-refractivity contribution < 1.29 is 22.7 Å². The Kier molecular flexibility index (Phi) is 4.88. The van der Waals surface area contributed by atoms with E-state index in [-0.39, 0.29) is 0 Å². The summed E-state index contributed by atoms with van der Waals surface area (Å²) in [5.74, 6) is -1.42. The number of carbonyl (C=O) groups is 1. The number of esters is 1. The van der Waals surface area contributed by atoms with Gasteiger partial charge in [0, 0.05) is 0 Å². The lowest BCUT2D eigenvalue weighted by Gasteiger charge is -2.06. The first-order chi connectivity index (χ1) is 5.74. The van der Waals surface area contributed by atoms with Gasteiger partial charge >= 0.3 is 12.1 Å². The van der Waals surface area contributed by atoms with Crippen molar-refractivity contribution in [3.63, 3.8) is 0 Å². The molecule has 0 fully saturated rings. The van der Waals surface area contributed by atoms with Crippen LogP contribution in [0.25, 0.3) is 0 Å². The number of halogens is 6. The summed E-state index contributed by atoms with van der Waals surface area (Å²) in [5, 5.41) is -0.785. The first-order valence-corrected chi connectivity index (χ1v) is 3.82. The topological polar surface area (TPSA) is 26.3 Å². The summed E-state index contributed by atoms with van der Waals surface area (Å²) in [6.45, 7) is -1.73. The third-order valence-electron chi connectivity index (χ3n) is 0.712. The summed E-state index contributed by atoms with van der Waals surface area (Å²) >= 11 is 15.1. The monoisotopic (exact) mass is 256 g/mol. The Morgan fingerprint density at radius 1 is 1.23 bits per heavy atom. The molecule has 0 aliphatic heterocycles. The molecule has 0 aliphatic carbocycles. The molecule has 0 saturated carbocycles. The molecular weight excluding hydrogens is 255 g/mol. The summed E-state index contributed by atoms with van der Waals surface area (Å²) in [6, 6.07) is 0. The van der Waals surface area contributed by atoms with Crippen LogP contribution in [0.2, 0.25) is 0 Å². The molecule has 8 heteroatoms. The van der Waals surface area contributed by atoms with Crippen LogP contribution in [0.5, 0.6) is 0 Å². The summed E-state index contributed by atoms with van der Waals surface area (Å²) in [7, 11) is 0. The molecule has 0 saturated heterocycles. The van der Waals surface area contributed by atoms with Crippen LogP contribution in [-0.2, 0) is 9.53 Å². The molecule has 0 aliphatic rings. The van der Waals surface area contributed by atoms with Crippen LogP contribution in [0.4, 0.5) is 13.2 Å². The molecular formula is C5H2Cl3F3O2. The third kappa shape index (κ3) is 6.01. The number of hydrogen-bond acceptors (Lipinski definition) is 2. The number of hydrogen-bond donors (Lipinski definition) is 0. The lowest BCUT2D eigenvalue weighted by Crippen LogP contribution is -2.20. The molecule has 0 N–H and O–H groups in total. The normalized spacial score (nSPS) is 10.9. The highest BCUT2D eigenvalue weighted by Gasteiger charge is 2.30. The maximum Gasteiger partial charge on any atom is 0.422 e. The maximum atomic E-state index is 11.5. The van der Waals surface area contributed by atoms with E-state index in [1.807, 2.05) is 0 Å². The van der Waals surface area contributed by atoms with Gasteiger partial charge in [-0.15, -0.1) is 0 Å². The van der Waals surface area contributed by atoms with E-state index in [9.17, 15) is 18.0 Å². The van der Waals surface area contributed by atoms with Crippen molar-refractivity contribution in [2.45, 2.75) is 6.18 Å². The van der Waals surface area contributed by atoms with Crippen LogP contribution in [0.15, 0.2) is 9.52 Å². The predicted octanol–water partition coefficient (Wildman–Crippen LogP) is 2.98. The van der Waals surface area contributed by atoms with E-state index in [0.717, 1.165) is 0 Å². The van der Waals surface area contributed by atoms with E-state index in [1.165, 1.54) is 0 Å².